The monoisotopic (exact) mass is 302 g/mol. The van der Waals surface area contributed by atoms with Crippen molar-refractivity contribution >= 4 is 11.3 Å². The van der Waals surface area contributed by atoms with Gasteiger partial charge in [0, 0.05) is 23.4 Å². The molecule has 1 aromatic carbocycles. The van der Waals surface area contributed by atoms with E-state index in [1.54, 1.807) is 11.3 Å². The zero-order valence-electron chi connectivity index (χ0n) is 12.5. The lowest BCUT2D eigenvalue weighted by atomic mass is 10.1. The van der Waals surface area contributed by atoms with E-state index in [2.05, 4.69) is 29.8 Å². The maximum absolute atomic E-state index is 5.61. The summed E-state index contributed by atoms with van der Waals surface area (Å²) in [4.78, 5) is 4.77. The van der Waals surface area contributed by atoms with Gasteiger partial charge in [-0.05, 0) is 50.1 Å². The van der Waals surface area contributed by atoms with Crippen molar-refractivity contribution in [3.63, 3.8) is 0 Å². The van der Waals surface area contributed by atoms with E-state index in [1.807, 2.05) is 12.1 Å². The normalized spacial score (nSPS) is 18.0. The molecule has 1 saturated heterocycles. The zero-order valence-corrected chi connectivity index (χ0v) is 13.3. The molecule has 2 heterocycles. The standard InChI is InChI=1S/C17H22N2OS/c1-2-10-20-15-7-5-13(6-8-15)16-12-21-17(19-16)11-14-4-3-9-18-14/h5-8,12,14,18H,2-4,9-11H2,1H3. The van der Waals surface area contributed by atoms with Crippen LogP contribution < -0.4 is 10.1 Å². The first kappa shape index (κ1) is 14.5. The molecule has 3 nitrogen and oxygen atoms in total. The van der Waals surface area contributed by atoms with Crippen molar-refractivity contribution in [3.05, 3.63) is 34.7 Å². The summed E-state index contributed by atoms with van der Waals surface area (Å²) in [6, 6.07) is 8.87. The molecule has 0 aliphatic carbocycles. The van der Waals surface area contributed by atoms with Crippen molar-refractivity contribution < 1.29 is 4.74 Å². The van der Waals surface area contributed by atoms with Gasteiger partial charge in [-0.3, -0.25) is 0 Å². The molecular formula is C17H22N2OS. The third-order valence-electron chi connectivity index (χ3n) is 3.76. The van der Waals surface area contributed by atoms with Crippen LogP contribution in [0.4, 0.5) is 0 Å². The number of nitrogens with zero attached hydrogens (tertiary/aromatic N) is 1. The Labute approximate surface area is 130 Å². The topological polar surface area (TPSA) is 34.1 Å². The smallest absolute Gasteiger partial charge is 0.119 e. The maximum atomic E-state index is 5.61. The lowest BCUT2D eigenvalue weighted by Crippen LogP contribution is -2.23. The SMILES string of the molecule is CCCOc1ccc(-c2csc(CC3CCCN3)n2)cc1. The van der Waals surface area contributed by atoms with Gasteiger partial charge in [-0.25, -0.2) is 4.98 Å². The molecular weight excluding hydrogens is 280 g/mol. The van der Waals surface area contributed by atoms with Crippen LogP contribution in [0.3, 0.4) is 0 Å². The summed E-state index contributed by atoms with van der Waals surface area (Å²) in [5, 5.41) is 6.92. The summed E-state index contributed by atoms with van der Waals surface area (Å²) in [5.41, 5.74) is 2.25. The highest BCUT2D eigenvalue weighted by Crippen LogP contribution is 2.25. The van der Waals surface area contributed by atoms with Crippen molar-refractivity contribution in [2.24, 2.45) is 0 Å². The van der Waals surface area contributed by atoms with E-state index in [9.17, 15) is 0 Å². The minimum Gasteiger partial charge on any atom is -0.494 e. The van der Waals surface area contributed by atoms with Gasteiger partial charge in [0.05, 0.1) is 17.3 Å². The second kappa shape index (κ2) is 7.05. The Balaban J connectivity index is 1.64. The van der Waals surface area contributed by atoms with Gasteiger partial charge in [-0.15, -0.1) is 11.3 Å². The number of aromatic nitrogens is 1. The van der Waals surface area contributed by atoms with Gasteiger partial charge < -0.3 is 10.1 Å². The van der Waals surface area contributed by atoms with Crippen LogP contribution >= 0.6 is 11.3 Å². The first-order valence-electron chi connectivity index (χ1n) is 7.76. The molecule has 1 N–H and O–H groups in total. The second-order valence-electron chi connectivity index (χ2n) is 5.50. The third kappa shape index (κ3) is 3.83. The number of thiazole rings is 1. The van der Waals surface area contributed by atoms with Gasteiger partial charge in [-0.2, -0.15) is 0 Å². The summed E-state index contributed by atoms with van der Waals surface area (Å²) in [6.07, 6.45) is 4.66. The van der Waals surface area contributed by atoms with Crippen LogP contribution in [0.1, 0.15) is 31.2 Å². The fourth-order valence-corrected chi connectivity index (χ4v) is 3.51. The highest BCUT2D eigenvalue weighted by molar-refractivity contribution is 7.09. The first-order valence-corrected chi connectivity index (χ1v) is 8.64. The van der Waals surface area contributed by atoms with E-state index in [0.717, 1.165) is 37.4 Å². The number of rotatable bonds is 6. The van der Waals surface area contributed by atoms with E-state index in [-0.39, 0.29) is 0 Å². The molecule has 1 aliphatic heterocycles. The zero-order chi connectivity index (χ0) is 14.5. The average molecular weight is 302 g/mol. The van der Waals surface area contributed by atoms with Gasteiger partial charge in [0.2, 0.25) is 0 Å². The van der Waals surface area contributed by atoms with Crippen LogP contribution in [0.15, 0.2) is 29.6 Å². The van der Waals surface area contributed by atoms with Crippen molar-refractivity contribution in [1.29, 1.82) is 0 Å². The fourth-order valence-electron chi connectivity index (χ4n) is 2.62. The van der Waals surface area contributed by atoms with Crippen LogP contribution in [-0.4, -0.2) is 24.2 Å². The van der Waals surface area contributed by atoms with Crippen LogP contribution in [0, 0.1) is 0 Å². The summed E-state index contributed by atoms with van der Waals surface area (Å²) in [5.74, 6) is 0.936. The number of ether oxygens (including phenoxy) is 1. The lowest BCUT2D eigenvalue weighted by molar-refractivity contribution is 0.317. The Bertz CT molecular complexity index is 558. The van der Waals surface area contributed by atoms with E-state index < -0.39 is 0 Å². The average Bonchev–Trinajstić information content (AvgIpc) is 3.18. The molecule has 0 spiro atoms. The van der Waals surface area contributed by atoms with Crippen molar-refractivity contribution in [2.75, 3.05) is 13.2 Å². The predicted molar refractivity (Wildman–Crippen MR) is 88.1 cm³/mol. The highest BCUT2D eigenvalue weighted by Gasteiger charge is 2.16. The molecule has 112 valence electrons. The Hall–Kier alpha value is -1.39. The van der Waals surface area contributed by atoms with Crippen LogP contribution in [0.2, 0.25) is 0 Å². The summed E-state index contributed by atoms with van der Waals surface area (Å²) in [6.45, 7) is 4.04. The van der Waals surface area contributed by atoms with Gasteiger partial charge in [0.15, 0.2) is 0 Å². The van der Waals surface area contributed by atoms with Crippen molar-refractivity contribution in [3.8, 4) is 17.0 Å². The minimum atomic E-state index is 0.619. The number of nitrogens with one attached hydrogen (secondary N) is 1. The van der Waals surface area contributed by atoms with E-state index in [0.29, 0.717) is 6.04 Å². The molecule has 0 amide bonds. The molecule has 2 aromatic rings. The molecule has 0 bridgehead atoms. The molecule has 3 rings (SSSR count). The number of hydrogen-bond acceptors (Lipinski definition) is 4. The summed E-state index contributed by atoms with van der Waals surface area (Å²) >= 11 is 1.77. The van der Waals surface area contributed by atoms with Crippen LogP contribution in [0.5, 0.6) is 5.75 Å². The molecule has 1 fully saturated rings. The molecule has 0 radical (unpaired) electrons. The van der Waals surface area contributed by atoms with E-state index >= 15 is 0 Å². The van der Waals surface area contributed by atoms with Gasteiger partial charge >= 0.3 is 0 Å². The molecule has 0 saturated carbocycles. The Morgan fingerprint density at radius 1 is 1.33 bits per heavy atom. The Morgan fingerprint density at radius 3 is 2.90 bits per heavy atom. The molecule has 1 atom stereocenters. The summed E-state index contributed by atoms with van der Waals surface area (Å²) in [7, 11) is 0. The molecule has 21 heavy (non-hydrogen) atoms. The van der Waals surface area contributed by atoms with Crippen LogP contribution in [0.25, 0.3) is 11.3 Å². The molecule has 1 aromatic heterocycles. The van der Waals surface area contributed by atoms with E-state index in [1.165, 1.54) is 23.4 Å². The first-order chi connectivity index (χ1) is 10.3. The van der Waals surface area contributed by atoms with Gasteiger partial charge in [0.25, 0.3) is 0 Å². The molecule has 1 aliphatic rings. The van der Waals surface area contributed by atoms with Crippen molar-refractivity contribution in [2.45, 2.75) is 38.6 Å². The third-order valence-corrected chi connectivity index (χ3v) is 4.63. The second-order valence-corrected chi connectivity index (χ2v) is 6.44. The van der Waals surface area contributed by atoms with E-state index in [4.69, 9.17) is 9.72 Å². The quantitative estimate of drug-likeness (QED) is 0.879. The van der Waals surface area contributed by atoms with Gasteiger partial charge in [-0.1, -0.05) is 6.92 Å². The molecule has 1 unspecified atom stereocenters. The minimum absolute atomic E-state index is 0.619. The summed E-state index contributed by atoms with van der Waals surface area (Å²) < 4.78 is 5.61. The number of benzene rings is 1. The lowest BCUT2D eigenvalue weighted by Gasteiger charge is -2.06. The van der Waals surface area contributed by atoms with Crippen molar-refractivity contribution in [1.82, 2.24) is 10.3 Å². The largest absolute Gasteiger partial charge is 0.494 e. The molecule has 4 heteroatoms. The fraction of sp³-hybridized carbons (Fsp3) is 0.471. The highest BCUT2D eigenvalue weighted by atomic mass is 32.1. The van der Waals surface area contributed by atoms with Crippen LogP contribution in [-0.2, 0) is 6.42 Å². The Kier molecular flexibility index (Phi) is 4.88. The predicted octanol–water partition coefficient (Wildman–Crippen LogP) is 3.89. The maximum Gasteiger partial charge on any atom is 0.119 e. The van der Waals surface area contributed by atoms with Gasteiger partial charge in [0.1, 0.15) is 5.75 Å². The Morgan fingerprint density at radius 2 is 2.19 bits per heavy atom. The number of hydrogen-bond donors (Lipinski definition) is 1.